The minimum absolute atomic E-state index is 0.131. The van der Waals surface area contributed by atoms with Gasteiger partial charge in [-0.2, -0.15) is 0 Å². The number of piperazine rings is 1. The molecule has 8 heteroatoms. The van der Waals surface area contributed by atoms with Crippen LogP contribution in [0.25, 0.3) is 0 Å². The van der Waals surface area contributed by atoms with Gasteiger partial charge in [-0.15, -0.1) is 0 Å². The summed E-state index contributed by atoms with van der Waals surface area (Å²) in [6, 6.07) is 10.0. The van der Waals surface area contributed by atoms with Gasteiger partial charge in [0.15, 0.2) is 5.84 Å². The van der Waals surface area contributed by atoms with Crippen molar-refractivity contribution in [1.29, 1.82) is 0 Å². The maximum absolute atomic E-state index is 12.3. The van der Waals surface area contributed by atoms with Crippen molar-refractivity contribution >= 4 is 11.5 Å². The van der Waals surface area contributed by atoms with E-state index in [9.17, 15) is 5.21 Å². The van der Waals surface area contributed by atoms with Gasteiger partial charge in [0.2, 0.25) is 0 Å². The third kappa shape index (κ3) is 2.38. The van der Waals surface area contributed by atoms with Crippen molar-refractivity contribution in [3.63, 3.8) is 0 Å². The molecule has 4 aliphatic rings. The first-order chi connectivity index (χ1) is 12.8. The molecule has 8 nitrogen and oxygen atoms in total. The zero-order valence-corrected chi connectivity index (χ0v) is 14.3. The van der Waals surface area contributed by atoms with E-state index in [1.807, 2.05) is 53.7 Å². The summed E-state index contributed by atoms with van der Waals surface area (Å²) >= 11 is 0. The number of hydrazine groups is 1. The SMILES string of the molecule is [O-]N1CN=C2C1=CC1=C(NC=CN1N1CCNCC1)N2c1ccccc1. The Morgan fingerprint density at radius 2 is 1.88 bits per heavy atom. The molecule has 0 aromatic heterocycles. The Bertz CT molecular complexity index is 823. The second-order valence-electron chi connectivity index (χ2n) is 6.44. The number of anilines is 1. The Hall–Kier alpha value is -2.81. The van der Waals surface area contributed by atoms with E-state index >= 15 is 0 Å². The van der Waals surface area contributed by atoms with Gasteiger partial charge >= 0.3 is 0 Å². The van der Waals surface area contributed by atoms with Crippen molar-refractivity contribution < 1.29 is 0 Å². The van der Waals surface area contributed by atoms with Crippen LogP contribution in [0.3, 0.4) is 0 Å². The van der Waals surface area contributed by atoms with Crippen LogP contribution in [-0.2, 0) is 0 Å². The van der Waals surface area contributed by atoms with Gasteiger partial charge in [-0.05, 0) is 18.2 Å². The molecule has 4 aliphatic heterocycles. The van der Waals surface area contributed by atoms with Crippen LogP contribution in [0.4, 0.5) is 5.69 Å². The van der Waals surface area contributed by atoms with Gasteiger partial charge in [0.25, 0.3) is 0 Å². The Morgan fingerprint density at radius 1 is 1.08 bits per heavy atom. The first-order valence-electron chi connectivity index (χ1n) is 8.81. The summed E-state index contributed by atoms with van der Waals surface area (Å²) in [6.45, 7) is 3.85. The molecule has 1 aromatic rings. The third-order valence-corrected chi connectivity index (χ3v) is 4.89. The maximum atomic E-state index is 12.3. The molecule has 0 unspecified atom stereocenters. The normalized spacial score (nSPS) is 22.7. The molecule has 26 heavy (non-hydrogen) atoms. The number of rotatable bonds is 2. The fraction of sp³-hybridized carbons (Fsp3) is 0.278. The largest absolute Gasteiger partial charge is 0.757 e. The molecule has 1 saturated heterocycles. The van der Waals surface area contributed by atoms with E-state index in [4.69, 9.17) is 0 Å². The zero-order chi connectivity index (χ0) is 17.5. The van der Waals surface area contributed by atoms with Gasteiger partial charge in [0.1, 0.15) is 18.2 Å². The summed E-state index contributed by atoms with van der Waals surface area (Å²) < 4.78 is 0. The molecule has 4 heterocycles. The summed E-state index contributed by atoms with van der Waals surface area (Å²) in [5, 5.41) is 24.5. The lowest BCUT2D eigenvalue weighted by molar-refractivity contribution is 0.0413. The Morgan fingerprint density at radius 3 is 2.69 bits per heavy atom. The number of hydroxylamine groups is 2. The van der Waals surface area contributed by atoms with Gasteiger partial charge in [0.05, 0.1) is 5.70 Å². The van der Waals surface area contributed by atoms with Gasteiger partial charge < -0.3 is 20.9 Å². The van der Waals surface area contributed by atoms with Crippen molar-refractivity contribution in [3.05, 3.63) is 71.2 Å². The van der Waals surface area contributed by atoms with Crippen LogP contribution < -0.4 is 15.5 Å². The minimum atomic E-state index is 0.131. The van der Waals surface area contributed by atoms with Crippen molar-refractivity contribution in [2.45, 2.75) is 0 Å². The predicted octanol–water partition coefficient (Wildman–Crippen LogP) is 0.926. The van der Waals surface area contributed by atoms with Crippen LogP contribution >= 0.6 is 0 Å². The second kappa shape index (κ2) is 6.17. The van der Waals surface area contributed by atoms with E-state index in [0.717, 1.165) is 48.4 Å². The van der Waals surface area contributed by atoms with E-state index in [-0.39, 0.29) is 6.67 Å². The zero-order valence-electron chi connectivity index (χ0n) is 14.3. The maximum Gasteiger partial charge on any atom is 0.159 e. The van der Waals surface area contributed by atoms with E-state index in [0.29, 0.717) is 11.5 Å². The molecular weight excluding hydrogens is 330 g/mol. The van der Waals surface area contributed by atoms with Crippen molar-refractivity contribution in [2.75, 3.05) is 37.7 Å². The average molecular weight is 350 g/mol. The van der Waals surface area contributed by atoms with Crippen LogP contribution in [0.15, 0.2) is 71.0 Å². The number of hydrogen-bond donors (Lipinski definition) is 2. The van der Waals surface area contributed by atoms with Crippen LogP contribution in [0.1, 0.15) is 0 Å². The summed E-state index contributed by atoms with van der Waals surface area (Å²) in [7, 11) is 0. The summed E-state index contributed by atoms with van der Waals surface area (Å²) in [4.78, 5) is 6.50. The van der Waals surface area contributed by atoms with Crippen LogP contribution in [0, 0.1) is 5.21 Å². The topological polar surface area (TPSA) is 72.4 Å². The fourth-order valence-electron chi connectivity index (χ4n) is 3.66. The highest BCUT2D eigenvalue weighted by molar-refractivity contribution is 6.13. The van der Waals surface area contributed by atoms with E-state index < -0.39 is 0 Å². The molecule has 2 N–H and O–H groups in total. The number of para-hydroxylation sites is 1. The number of amidine groups is 1. The monoisotopic (exact) mass is 350 g/mol. The summed E-state index contributed by atoms with van der Waals surface area (Å²) in [5.41, 5.74) is 2.53. The lowest BCUT2D eigenvalue weighted by atomic mass is 10.1. The number of benzene rings is 1. The third-order valence-electron chi connectivity index (χ3n) is 4.89. The molecule has 0 amide bonds. The van der Waals surface area contributed by atoms with Crippen LogP contribution in [0.2, 0.25) is 0 Å². The van der Waals surface area contributed by atoms with Crippen molar-refractivity contribution in [3.8, 4) is 0 Å². The first kappa shape index (κ1) is 15.4. The van der Waals surface area contributed by atoms with E-state index in [2.05, 4.69) is 25.6 Å². The molecule has 0 radical (unpaired) electrons. The molecule has 0 bridgehead atoms. The average Bonchev–Trinajstić information content (AvgIpc) is 3.07. The number of nitrogens with one attached hydrogen (secondary N) is 2. The van der Waals surface area contributed by atoms with E-state index in [1.54, 1.807) is 0 Å². The molecule has 1 aromatic carbocycles. The number of fused-ring (bicyclic) bond motifs is 1. The smallest absolute Gasteiger partial charge is 0.159 e. The standard InChI is InChI=1S/C18H20N7O/c26-24-13-21-18-16(24)12-15-17(25(18)14-4-2-1-3-5-14)20-8-11-23(15)22-9-6-19-7-10-22/h1-5,8,11-12,19-20H,6-7,9-10,13H2/q-1. The lowest BCUT2D eigenvalue weighted by Gasteiger charge is -2.44. The summed E-state index contributed by atoms with van der Waals surface area (Å²) in [5.74, 6) is 1.60. The Kier molecular flexibility index (Phi) is 3.66. The van der Waals surface area contributed by atoms with Gasteiger partial charge in [0, 0.05) is 44.3 Å². The first-order valence-corrected chi connectivity index (χ1v) is 8.81. The Labute approximate surface area is 151 Å². The number of allylic oxidation sites excluding steroid dienone is 1. The molecule has 0 aliphatic carbocycles. The van der Waals surface area contributed by atoms with Gasteiger partial charge in [-0.1, -0.05) is 18.2 Å². The fourth-order valence-corrected chi connectivity index (χ4v) is 3.66. The highest BCUT2D eigenvalue weighted by atomic mass is 16.5. The molecule has 1 fully saturated rings. The summed E-state index contributed by atoms with van der Waals surface area (Å²) in [6.07, 6.45) is 5.88. The highest BCUT2D eigenvalue weighted by Gasteiger charge is 2.35. The lowest BCUT2D eigenvalue weighted by Crippen LogP contribution is -2.53. The van der Waals surface area contributed by atoms with Crippen LogP contribution in [0.5, 0.6) is 0 Å². The molecule has 134 valence electrons. The second-order valence-corrected chi connectivity index (χ2v) is 6.44. The molecular formula is C18H20N7O-. The number of hydrogen-bond acceptors (Lipinski definition) is 8. The predicted molar refractivity (Wildman–Crippen MR) is 100 cm³/mol. The molecule has 0 atom stereocenters. The highest BCUT2D eigenvalue weighted by Crippen LogP contribution is 2.34. The van der Waals surface area contributed by atoms with Crippen molar-refractivity contribution in [2.24, 2.45) is 4.99 Å². The van der Waals surface area contributed by atoms with E-state index in [1.165, 1.54) is 0 Å². The number of aliphatic imine (C=N–C) groups is 1. The molecule has 0 saturated carbocycles. The van der Waals surface area contributed by atoms with Crippen LogP contribution in [-0.4, -0.2) is 53.8 Å². The quantitative estimate of drug-likeness (QED) is 0.822. The minimum Gasteiger partial charge on any atom is -0.757 e. The molecule has 5 rings (SSSR count). The molecule has 0 spiro atoms. The Balaban J connectivity index is 1.61. The number of nitrogens with zero attached hydrogens (tertiary/aromatic N) is 5. The van der Waals surface area contributed by atoms with Gasteiger partial charge in [-0.25, -0.2) is 10.0 Å². The van der Waals surface area contributed by atoms with Gasteiger partial charge in [-0.3, -0.25) is 9.91 Å². The van der Waals surface area contributed by atoms with Crippen molar-refractivity contribution in [1.82, 2.24) is 25.7 Å².